The second-order valence-corrected chi connectivity index (χ2v) is 16.8. The number of ether oxygens (including phenoxy) is 2. The number of carboxylic acid groups (broad SMARTS) is 1. The van der Waals surface area contributed by atoms with E-state index >= 15 is 0 Å². The zero-order valence-electron chi connectivity index (χ0n) is 29.3. The van der Waals surface area contributed by atoms with E-state index in [4.69, 9.17) is 9.47 Å². The summed E-state index contributed by atoms with van der Waals surface area (Å²) < 4.78 is 40.0. The second-order valence-electron chi connectivity index (χ2n) is 14.8. The molecule has 14 nitrogen and oxygen atoms in total. The van der Waals surface area contributed by atoms with Gasteiger partial charge in [0.05, 0.1) is 17.9 Å². The molecule has 1 aromatic heterocycles. The minimum atomic E-state index is -3.90. The fraction of sp³-hybridized carbons (Fsp3) is 0.583. The van der Waals surface area contributed by atoms with Crippen LogP contribution < -0.4 is 24.8 Å². The molecule has 0 spiro atoms. The topological polar surface area (TPSA) is 193 Å². The van der Waals surface area contributed by atoms with Gasteiger partial charge in [-0.1, -0.05) is 26.0 Å². The first-order valence-electron chi connectivity index (χ1n) is 17.7. The number of pyridine rings is 1. The Morgan fingerprint density at radius 2 is 1.88 bits per heavy atom. The van der Waals surface area contributed by atoms with E-state index in [1.54, 1.807) is 6.20 Å². The molecule has 1 saturated heterocycles. The molecule has 276 valence electrons. The third kappa shape index (κ3) is 8.08. The number of sulfonamides is 1. The van der Waals surface area contributed by atoms with E-state index in [0.29, 0.717) is 42.7 Å². The molecule has 4 N–H and O–H groups in total. The van der Waals surface area contributed by atoms with Crippen molar-refractivity contribution in [1.29, 1.82) is 0 Å². The van der Waals surface area contributed by atoms with E-state index in [9.17, 15) is 32.7 Å². The lowest BCUT2D eigenvalue weighted by molar-refractivity contribution is -0.142. The van der Waals surface area contributed by atoms with E-state index in [1.807, 2.05) is 64.1 Å². The molecule has 4 amide bonds. The van der Waals surface area contributed by atoms with Gasteiger partial charge in [0.1, 0.15) is 29.5 Å². The summed E-state index contributed by atoms with van der Waals surface area (Å²) in [5.41, 5.74) is -1.52. The van der Waals surface area contributed by atoms with E-state index in [-0.39, 0.29) is 31.4 Å². The Bertz CT molecular complexity index is 1830. The van der Waals surface area contributed by atoms with Crippen LogP contribution >= 0.6 is 0 Å². The van der Waals surface area contributed by atoms with Crippen molar-refractivity contribution in [3.63, 3.8) is 0 Å². The summed E-state index contributed by atoms with van der Waals surface area (Å²) >= 11 is 0. The number of amides is 4. The van der Waals surface area contributed by atoms with Crippen molar-refractivity contribution in [2.75, 3.05) is 6.54 Å². The number of aromatic nitrogens is 1. The average molecular weight is 726 g/mol. The molecule has 2 saturated carbocycles. The molecule has 0 radical (unpaired) electrons. The molecule has 51 heavy (non-hydrogen) atoms. The molecular formula is C36H47N5O9S. The van der Waals surface area contributed by atoms with Gasteiger partial charge in [-0.05, 0) is 93.9 Å². The molecule has 3 fully saturated rings. The number of nitrogens with one attached hydrogen (secondary N) is 3. The number of carbonyl (C=O) groups excluding carboxylic acids is 3. The van der Waals surface area contributed by atoms with E-state index in [1.165, 1.54) is 4.90 Å². The summed E-state index contributed by atoms with van der Waals surface area (Å²) in [6.07, 6.45) is 6.36. The number of carbonyl (C=O) groups is 4. The minimum Gasteiger partial charge on any atom is -0.491 e. The Hall–Kier alpha value is -4.40. The largest absolute Gasteiger partial charge is 0.491 e. The predicted molar refractivity (Wildman–Crippen MR) is 187 cm³/mol. The predicted octanol–water partition coefficient (Wildman–Crippen LogP) is 3.50. The molecule has 2 aliphatic carbocycles. The van der Waals surface area contributed by atoms with E-state index in [2.05, 4.69) is 20.3 Å². The van der Waals surface area contributed by atoms with Crippen molar-refractivity contribution in [3.8, 4) is 11.6 Å². The van der Waals surface area contributed by atoms with Gasteiger partial charge in [-0.2, -0.15) is 0 Å². The van der Waals surface area contributed by atoms with Crippen LogP contribution in [-0.4, -0.2) is 88.8 Å². The highest BCUT2D eigenvalue weighted by Crippen LogP contribution is 2.46. The third-order valence-electron chi connectivity index (χ3n) is 10.2. The van der Waals surface area contributed by atoms with Gasteiger partial charge < -0.3 is 30.1 Å². The van der Waals surface area contributed by atoms with Crippen LogP contribution in [0.3, 0.4) is 0 Å². The van der Waals surface area contributed by atoms with Crippen LogP contribution in [-0.2, 0) is 24.4 Å². The maximum atomic E-state index is 14.3. The molecule has 3 heterocycles. The first kappa shape index (κ1) is 36.4. The SMILES string of the molecule is CC(C)Oc1ccc2c(O[C@@H]3C[C@H]4C(=O)N[C@]5(C(=O)NS(=O)(=O)C6CC6)C[C@H]5C=CCC[C@@H](C)C[C@@H](C)[C@H](NC(=O)O)C(=O)N4C3)nccc2c1. The molecule has 4 aliphatic rings. The maximum Gasteiger partial charge on any atom is 0.405 e. The van der Waals surface area contributed by atoms with Gasteiger partial charge in [-0.3, -0.25) is 19.1 Å². The number of hydrogen-bond donors (Lipinski definition) is 4. The van der Waals surface area contributed by atoms with Crippen LogP contribution in [0.25, 0.3) is 10.8 Å². The third-order valence-corrected chi connectivity index (χ3v) is 12.1. The number of fused-ring (bicyclic) bond motifs is 3. The van der Waals surface area contributed by atoms with Crippen molar-refractivity contribution in [2.45, 2.75) is 108 Å². The first-order valence-corrected chi connectivity index (χ1v) is 19.3. The van der Waals surface area contributed by atoms with Crippen LogP contribution in [0.15, 0.2) is 42.6 Å². The average Bonchev–Trinajstić information content (AvgIpc) is 3.98. The molecule has 2 aromatic rings. The Labute approximate surface area is 297 Å². The lowest BCUT2D eigenvalue weighted by Crippen LogP contribution is -2.59. The Balaban J connectivity index is 1.32. The summed E-state index contributed by atoms with van der Waals surface area (Å²) in [5, 5.41) is 15.9. The highest BCUT2D eigenvalue weighted by atomic mass is 32.2. The normalized spacial score (nSPS) is 30.0. The van der Waals surface area contributed by atoms with Crippen LogP contribution in [0.5, 0.6) is 11.6 Å². The monoisotopic (exact) mass is 725 g/mol. The quantitative estimate of drug-likeness (QED) is 0.293. The molecule has 0 bridgehead atoms. The first-order chi connectivity index (χ1) is 24.2. The summed E-state index contributed by atoms with van der Waals surface area (Å²) in [7, 11) is -3.90. The second kappa shape index (κ2) is 14.3. The van der Waals surface area contributed by atoms with Crippen molar-refractivity contribution in [3.05, 3.63) is 42.6 Å². The number of rotatable bonds is 8. The van der Waals surface area contributed by atoms with Gasteiger partial charge in [0.15, 0.2) is 0 Å². The zero-order chi connectivity index (χ0) is 36.7. The highest BCUT2D eigenvalue weighted by Gasteiger charge is 2.62. The number of benzene rings is 1. The van der Waals surface area contributed by atoms with Crippen LogP contribution in [0.4, 0.5) is 4.79 Å². The summed E-state index contributed by atoms with van der Waals surface area (Å²) in [6, 6.07) is 5.04. The fourth-order valence-electron chi connectivity index (χ4n) is 7.36. The highest BCUT2D eigenvalue weighted by molar-refractivity contribution is 7.91. The zero-order valence-corrected chi connectivity index (χ0v) is 30.1. The summed E-state index contributed by atoms with van der Waals surface area (Å²) in [6.45, 7) is 7.66. The van der Waals surface area contributed by atoms with Crippen LogP contribution in [0, 0.1) is 17.8 Å². The van der Waals surface area contributed by atoms with Crippen LogP contribution in [0.2, 0.25) is 0 Å². The molecule has 6 rings (SSSR count). The minimum absolute atomic E-state index is 0.0203. The van der Waals surface area contributed by atoms with Gasteiger partial charge in [0, 0.05) is 23.9 Å². The van der Waals surface area contributed by atoms with Crippen LogP contribution in [0.1, 0.15) is 72.6 Å². The summed E-state index contributed by atoms with van der Waals surface area (Å²) in [4.78, 5) is 60.0. The van der Waals surface area contributed by atoms with Gasteiger partial charge in [0.2, 0.25) is 27.7 Å². The molecule has 0 unspecified atom stereocenters. The van der Waals surface area contributed by atoms with Crippen molar-refractivity contribution < 1.29 is 42.2 Å². The molecule has 15 heteroatoms. The lowest BCUT2D eigenvalue weighted by atomic mass is 9.88. The number of allylic oxidation sites excluding steroid dienone is 1. The Kier molecular flexibility index (Phi) is 10.2. The molecular weight excluding hydrogens is 678 g/mol. The fourth-order valence-corrected chi connectivity index (χ4v) is 8.72. The molecule has 2 aliphatic heterocycles. The number of nitrogens with zero attached hydrogens (tertiary/aromatic N) is 2. The van der Waals surface area contributed by atoms with Gasteiger partial charge in [0.25, 0.3) is 5.91 Å². The number of hydrogen-bond acceptors (Lipinski definition) is 9. The Morgan fingerprint density at radius 1 is 1.12 bits per heavy atom. The Morgan fingerprint density at radius 3 is 2.59 bits per heavy atom. The van der Waals surface area contributed by atoms with Crippen molar-refractivity contribution in [2.24, 2.45) is 17.8 Å². The van der Waals surface area contributed by atoms with E-state index in [0.717, 1.165) is 11.8 Å². The maximum absolute atomic E-state index is 14.3. The standard InChI is InChI=1S/C36H47N5O9S/c1-20(2)49-25-9-12-28-23(16-25)13-14-37-32(28)50-26-17-29-31(42)39-36(34(44)40-51(47,48)27-10-11-27)18-24(36)8-6-5-7-21(3)15-22(4)30(38-35(45)46)33(43)41(29)19-26/h6,8-9,12-14,16,20-22,24,26-27,29-30,38H,5,7,10-11,15,17-19H2,1-4H3,(H,39,42)(H,40,44)(H,45,46)/t21-,22-,24-,26-,29+,30+,36-/m1/s1. The molecule has 1 aromatic carbocycles. The lowest BCUT2D eigenvalue weighted by Gasteiger charge is -2.32. The van der Waals surface area contributed by atoms with Gasteiger partial charge in [-0.25, -0.2) is 18.2 Å². The summed E-state index contributed by atoms with van der Waals surface area (Å²) in [5.74, 6) is -1.79. The smallest absolute Gasteiger partial charge is 0.405 e. The van der Waals surface area contributed by atoms with Crippen molar-refractivity contribution >= 4 is 44.6 Å². The van der Waals surface area contributed by atoms with Gasteiger partial charge in [-0.15, -0.1) is 0 Å². The van der Waals surface area contributed by atoms with E-state index < -0.39 is 74.7 Å². The van der Waals surface area contributed by atoms with Gasteiger partial charge >= 0.3 is 6.09 Å². The van der Waals surface area contributed by atoms with Crippen molar-refractivity contribution in [1.82, 2.24) is 25.2 Å². The molecule has 7 atom stereocenters.